The summed E-state index contributed by atoms with van der Waals surface area (Å²) in [5, 5.41) is 0. The highest BCUT2D eigenvalue weighted by Gasteiger charge is 2.26. The van der Waals surface area contributed by atoms with E-state index in [9.17, 15) is 9.59 Å². The molecule has 5 heteroatoms. The molecule has 0 N–H and O–H groups in total. The molecule has 2 rings (SSSR count). The SMILES string of the molecule is CCC(C)(C)C(=O)OCCCCCCOC1CCC(c2ccc(/C=C/C(=O)OC)cc2)CC1. The highest BCUT2D eigenvalue weighted by atomic mass is 16.5. The van der Waals surface area contributed by atoms with E-state index in [4.69, 9.17) is 9.47 Å². The maximum Gasteiger partial charge on any atom is 0.330 e. The van der Waals surface area contributed by atoms with Crippen molar-refractivity contribution in [3.05, 3.63) is 41.5 Å². The van der Waals surface area contributed by atoms with Crippen LogP contribution in [0.2, 0.25) is 0 Å². The van der Waals surface area contributed by atoms with Crippen molar-refractivity contribution >= 4 is 18.0 Å². The van der Waals surface area contributed by atoms with Crippen LogP contribution in [0.1, 0.15) is 95.6 Å². The summed E-state index contributed by atoms with van der Waals surface area (Å²) < 4.78 is 16.1. The predicted octanol–water partition coefficient (Wildman–Crippen LogP) is 6.46. The number of carbonyl (C=O) groups is 2. The Labute approximate surface area is 199 Å². The van der Waals surface area contributed by atoms with E-state index in [0.29, 0.717) is 18.6 Å². The number of ether oxygens (including phenoxy) is 3. The van der Waals surface area contributed by atoms with Crippen molar-refractivity contribution in [2.24, 2.45) is 5.41 Å². The summed E-state index contributed by atoms with van der Waals surface area (Å²) in [6.45, 7) is 7.22. The summed E-state index contributed by atoms with van der Waals surface area (Å²) in [5.41, 5.74) is 2.00. The predicted molar refractivity (Wildman–Crippen MR) is 132 cm³/mol. The largest absolute Gasteiger partial charge is 0.466 e. The number of methoxy groups -OCH3 is 1. The van der Waals surface area contributed by atoms with Gasteiger partial charge in [-0.25, -0.2) is 4.79 Å². The topological polar surface area (TPSA) is 61.8 Å². The van der Waals surface area contributed by atoms with Crippen LogP contribution in [0.15, 0.2) is 30.3 Å². The summed E-state index contributed by atoms with van der Waals surface area (Å²) >= 11 is 0. The van der Waals surface area contributed by atoms with E-state index in [2.05, 4.69) is 29.0 Å². The first kappa shape index (κ1) is 27.1. The van der Waals surface area contributed by atoms with Crippen molar-refractivity contribution in [2.45, 2.75) is 90.6 Å². The number of benzene rings is 1. The quantitative estimate of drug-likeness (QED) is 0.193. The lowest BCUT2D eigenvalue weighted by Crippen LogP contribution is -2.26. The third-order valence-corrected chi connectivity index (χ3v) is 6.76. The van der Waals surface area contributed by atoms with Gasteiger partial charge >= 0.3 is 11.9 Å². The fourth-order valence-electron chi connectivity index (χ4n) is 3.99. The zero-order valence-corrected chi connectivity index (χ0v) is 20.9. The summed E-state index contributed by atoms with van der Waals surface area (Å²) in [6.07, 6.45) is 13.1. The van der Waals surface area contributed by atoms with Gasteiger partial charge in [-0.2, -0.15) is 0 Å². The Bertz CT molecular complexity index is 742. The number of unbranched alkanes of at least 4 members (excludes halogenated alkanes) is 3. The maximum absolute atomic E-state index is 11.9. The van der Waals surface area contributed by atoms with Crippen LogP contribution in [0.25, 0.3) is 6.08 Å². The fraction of sp³-hybridized carbons (Fsp3) is 0.643. The number of hydrogen-bond donors (Lipinski definition) is 0. The number of rotatable bonds is 13. The normalized spacial score (nSPS) is 18.9. The third-order valence-electron chi connectivity index (χ3n) is 6.76. The number of carbonyl (C=O) groups excluding carboxylic acids is 2. The van der Waals surface area contributed by atoms with Crippen LogP contribution in [0, 0.1) is 5.41 Å². The van der Waals surface area contributed by atoms with Gasteiger partial charge in [-0.1, -0.05) is 37.6 Å². The molecule has 0 amide bonds. The average molecular weight is 459 g/mol. The zero-order valence-electron chi connectivity index (χ0n) is 20.9. The van der Waals surface area contributed by atoms with E-state index >= 15 is 0 Å². The van der Waals surface area contributed by atoms with E-state index < -0.39 is 0 Å². The Hall–Kier alpha value is -2.14. The van der Waals surface area contributed by atoms with E-state index in [1.165, 1.54) is 18.7 Å². The average Bonchev–Trinajstić information content (AvgIpc) is 2.84. The smallest absolute Gasteiger partial charge is 0.330 e. The van der Waals surface area contributed by atoms with Gasteiger partial charge in [-0.05, 0) is 88.3 Å². The molecule has 1 aromatic carbocycles. The lowest BCUT2D eigenvalue weighted by Gasteiger charge is -2.29. The van der Waals surface area contributed by atoms with Gasteiger partial charge in [0, 0.05) is 12.7 Å². The number of esters is 2. The first-order chi connectivity index (χ1) is 15.9. The molecule has 184 valence electrons. The molecular weight excluding hydrogens is 416 g/mol. The van der Waals surface area contributed by atoms with Gasteiger partial charge in [0.2, 0.25) is 0 Å². The Morgan fingerprint density at radius 2 is 1.61 bits per heavy atom. The summed E-state index contributed by atoms with van der Waals surface area (Å²) in [4.78, 5) is 23.1. The van der Waals surface area contributed by atoms with Crippen LogP contribution in [0.4, 0.5) is 0 Å². The molecule has 0 saturated heterocycles. The van der Waals surface area contributed by atoms with Gasteiger partial charge in [0.05, 0.1) is 25.2 Å². The highest BCUT2D eigenvalue weighted by molar-refractivity contribution is 5.86. The lowest BCUT2D eigenvalue weighted by molar-refractivity contribution is -0.154. The summed E-state index contributed by atoms with van der Waals surface area (Å²) in [6, 6.07) is 8.46. The molecular formula is C28H42O5. The molecule has 1 aromatic rings. The Morgan fingerprint density at radius 3 is 2.21 bits per heavy atom. The Kier molecular flexibility index (Phi) is 11.7. The molecule has 1 aliphatic carbocycles. The van der Waals surface area contributed by atoms with E-state index in [1.807, 2.05) is 20.8 Å². The molecule has 1 fully saturated rings. The molecule has 0 bridgehead atoms. The Balaban J connectivity index is 1.55. The molecule has 1 aliphatic rings. The number of hydrogen-bond acceptors (Lipinski definition) is 5. The van der Waals surface area contributed by atoms with Gasteiger partial charge in [0.25, 0.3) is 0 Å². The van der Waals surface area contributed by atoms with Gasteiger partial charge in [-0.15, -0.1) is 0 Å². The fourth-order valence-corrected chi connectivity index (χ4v) is 3.99. The van der Waals surface area contributed by atoms with Crippen LogP contribution in [-0.2, 0) is 23.8 Å². The molecule has 5 nitrogen and oxygen atoms in total. The van der Waals surface area contributed by atoms with Crippen molar-refractivity contribution in [2.75, 3.05) is 20.3 Å². The molecule has 0 aromatic heterocycles. The summed E-state index contributed by atoms with van der Waals surface area (Å²) in [7, 11) is 1.38. The van der Waals surface area contributed by atoms with Gasteiger partial charge < -0.3 is 14.2 Å². The first-order valence-electron chi connectivity index (χ1n) is 12.5. The molecule has 33 heavy (non-hydrogen) atoms. The molecule has 0 heterocycles. The van der Waals surface area contributed by atoms with E-state index in [1.54, 1.807) is 6.08 Å². The summed E-state index contributed by atoms with van der Waals surface area (Å²) in [5.74, 6) is 0.161. The minimum absolute atomic E-state index is 0.0877. The molecule has 0 spiro atoms. The molecule has 0 atom stereocenters. The van der Waals surface area contributed by atoms with Crippen LogP contribution in [0.3, 0.4) is 0 Å². The van der Waals surface area contributed by atoms with Crippen LogP contribution in [0.5, 0.6) is 0 Å². The maximum atomic E-state index is 11.9. The minimum atomic E-state index is -0.376. The second kappa shape index (κ2) is 14.2. The van der Waals surface area contributed by atoms with Crippen molar-refractivity contribution in [1.82, 2.24) is 0 Å². The zero-order chi connectivity index (χ0) is 24.1. The van der Waals surface area contributed by atoms with Gasteiger partial charge in [0.15, 0.2) is 0 Å². The van der Waals surface area contributed by atoms with E-state index in [-0.39, 0.29) is 17.4 Å². The van der Waals surface area contributed by atoms with E-state index in [0.717, 1.165) is 70.0 Å². The second-order valence-electron chi connectivity index (χ2n) is 9.66. The molecule has 1 saturated carbocycles. The molecule has 0 unspecified atom stereocenters. The first-order valence-corrected chi connectivity index (χ1v) is 12.5. The van der Waals surface area contributed by atoms with Crippen LogP contribution >= 0.6 is 0 Å². The van der Waals surface area contributed by atoms with Crippen molar-refractivity contribution in [1.29, 1.82) is 0 Å². The van der Waals surface area contributed by atoms with Crippen molar-refractivity contribution in [3.8, 4) is 0 Å². The van der Waals surface area contributed by atoms with Crippen molar-refractivity contribution < 1.29 is 23.8 Å². The lowest BCUT2D eigenvalue weighted by atomic mass is 9.82. The third kappa shape index (κ3) is 9.71. The minimum Gasteiger partial charge on any atom is -0.466 e. The molecule has 0 radical (unpaired) electrons. The van der Waals surface area contributed by atoms with Gasteiger partial charge in [0.1, 0.15) is 0 Å². The van der Waals surface area contributed by atoms with Crippen LogP contribution in [-0.4, -0.2) is 38.4 Å². The highest BCUT2D eigenvalue weighted by Crippen LogP contribution is 2.34. The van der Waals surface area contributed by atoms with Crippen LogP contribution < -0.4 is 0 Å². The second-order valence-corrected chi connectivity index (χ2v) is 9.66. The molecule has 0 aliphatic heterocycles. The Morgan fingerprint density at radius 1 is 0.970 bits per heavy atom. The van der Waals surface area contributed by atoms with Crippen molar-refractivity contribution in [3.63, 3.8) is 0 Å². The van der Waals surface area contributed by atoms with Gasteiger partial charge in [-0.3, -0.25) is 4.79 Å². The standard InChI is InChI=1S/C28H42O5/c1-5-28(2,3)27(30)33-21-9-7-6-8-20-32-25-17-15-24(16-18-25)23-13-10-22(11-14-23)12-19-26(29)31-4/h10-14,19,24-25H,5-9,15-18,20-21H2,1-4H3/b19-12+. The monoisotopic (exact) mass is 458 g/mol.